The zero-order valence-electron chi connectivity index (χ0n) is 9.81. The fourth-order valence-corrected chi connectivity index (χ4v) is 1.48. The van der Waals surface area contributed by atoms with Gasteiger partial charge in [-0.25, -0.2) is 4.98 Å². The highest BCUT2D eigenvalue weighted by atomic mass is 15.3. The molecule has 0 unspecified atom stereocenters. The molecule has 0 aliphatic rings. The molecule has 0 aliphatic heterocycles. The first-order chi connectivity index (χ1) is 8.20. The van der Waals surface area contributed by atoms with Crippen molar-refractivity contribution in [1.29, 1.82) is 5.26 Å². The smallest absolute Gasteiger partial charge is 0.140 e. The zero-order chi connectivity index (χ0) is 12.3. The van der Waals surface area contributed by atoms with Crippen molar-refractivity contribution in [1.82, 2.24) is 14.8 Å². The largest absolute Gasteiger partial charge is 0.380 e. The van der Waals surface area contributed by atoms with Gasteiger partial charge in [0.1, 0.15) is 11.8 Å². The molecule has 2 heterocycles. The molecule has 0 aromatic carbocycles. The van der Waals surface area contributed by atoms with Gasteiger partial charge in [-0.2, -0.15) is 10.4 Å². The van der Waals surface area contributed by atoms with Gasteiger partial charge in [0.2, 0.25) is 0 Å². The normalized spacial score (nSPS) is 9.94. The van der Waals surface area contributed by atoms with Crippen LogP contribution in [0.25, 0.3) is 0 Å². The lowest BCUT2D eigenvalue weighted by Gasteiger charge is -2.05. The first-order valence-corrected chi connectivity index (χ1v) is 5.28. The third-order valence-corrected chi connectivity index (χ3v) is 2.70. The number of anilines is 1. The number of hydrogen-bond donors (Lipinski definition) is 1. The molecule has 86 valence electrons. The van der Waals surface area contributed by atoms with Crippen LogP contribution in [-0.4, -0.2) is 14.8 Å². The monoisotopic (exact) mass is 227 g/mol. The standard InChI is InChI=1S/C12H13N5/c1-9-10(7-16-17(9)2)6-14-12-4-3-11(5-13)15-8-12/h3-4,7-8,14H,6H2,1-2H3. The molecule has 2 aromatic rings. The number of nitriles is 1. The van der Waals surface area contributed by atoms with E-state index in [1.165, 1.54) is 0 Å². The van der Waals surface area contributed by atoms with Crippen molar-refractivity contribution in [3.8, 4) is 6.07 Å². The highest BCUT2D eigenvalue weighted by molar-refractivity contribution is 5.43. The number of aromatic nitrogens is 3. The van der Waals surface area contributed by atoms with Gasteiger partial charge in [-0.3, -0.25) is 4.68 Å². The maximum atomic E-state index is 8.63. The minimum Gasteiger partial charge on any atom is -0.380 e. The number of rotatable bonds is 3. The first-order valence-electron chi connectivity index (χ1n) is 5.28. The van der Waals surface area contributed by atoms with Gasteiger partial charge in [-0.1, -0.05) is 0 Å². The quantitative estimate of drug-likeness (QED) is 0.865. The molecule has 0 spiro atoms. The van der Waals surface area contributed by atoms with E-state index in [4.69, 9.17) is 5.26 Å². The summed E-state index contributed by atoms with van der Waals surface area (Å²) in [5, 5.41) is 16.0. The van der Waals surface area contributed by atoms with E-state index >= 15 is 0 Å². The van der Waals surface area contributed by atoms with E-state index in [0.717, 1.165) is 16.9 Å². The maximum absolute atomic E-state index is 8.63. The molecule has 0 atom stereocenters. The van der Waals surface area contributed by atoms with E-state index in [1.807, 2.05) is 37.0 Å². The molecular formula is C12H13N5. The second kappa shape index (κ2) is 4.66. The number of nitrogens with one attached hydrogen (secondary N) is 1. The fraction of sp³-hybridized carbons (Fsp3) is 0.250. The molecule has 5 nitrogen and oxygen atoms in total. The Morgan fingerprint density at radius 1 is 1.41 bits per heavy atom. The topological polar surface area (TPSA) is 66.5 Å². The molecule has 0 amide bonds. The van der Waals surface area contributed by atoms with Gasteiger partial charge in [0.05, 0.1) is 18.1 Å². The van der Waals surface area contributed by atoms with Crippen molar-refractivity contribution in [2.45, 2.75) is 13.5 Å². The highest BCUT2D eigenvalue weighted by Crippen LogP contribution is 2.10. The summed E-state index contributed by atoms with van der Waals surface area (Å²) >= 11 is 0. The zero-order valence-corrected chi connectivity index (χ0v) is 9.81. The SMILES string of the molecule is Cc1c(CNc2ccc(C#N)nc2)cnn1C. The summed E-state index contributed by atoms with van der Waals surface area (Å²) in [5.41, 5.74) is 3.61. The van der Waals surface area contributed by atoms with Crippen molar-refractivity contribution in [3.05, 3.63) is 41.5 Å². The number of nitrogens with zero attached hydrogens (tertiary/aromatic N) is 4. The number of pyridine rings is 1. The summed E-state index contributed by atoms with van der Waals surface area (Å²) in [6.07, 6.45) is 3.50. The molecule has 0 radical (unpaired) electrons. The van der Waals surface area contributed by atoms with E-state index in [9.17, 15) is 0 Å². The fourth-order valence-electron chi connectivity index (χ4n) is 1.48. The van der Waals surface area contributed by atoms with Gasteiger partial charge in [0.25, 0.3) is 0 Å². The summed E-state index contributed by atoms with van der Waals surface area (Å²) in [4.78, 5) is 3.99. The summed E-state index contributed by atoms with van der Waals surface area (Å²) in [7, 11) is 1.92. The van der Waals surface area contributed by atoms with Crippen LogP contribution in [0.15, 0.2) is 24.5 Å². The molecule has 5 heteroatoms. The molecule has 17 heavy (non-hydrogen) atoms. The minimum atomic E-state index is 0.424. The molecular weight excluding hydrogens is 214 g/mol. The highest BCUT2D eigenvalue weighted by Gasteiger charge is 2.03. The van der Waals surface area contributed by atoms with Crippen LogP contribution in [0.1, 0.15) is 17.0 Å². The van der Waals surface area contributed by atoms with Crippen LogP contribution in [-0.2, 0) is 13.6 Å². The second-order valence-corrected chi connectivity index (χ2v) is 3.78. The van der Waals surface area contributed by atoms with E-state index in [-0.39, 0.29) is 0 Å². The second-order valence-electron chi connectivity index (χ2n) is 3.78. The average Bonchev–Trinajstić information content (AvgIpc) is 2.68. The third-order valence-electron chi connectivity index (χ3n) is 2.70. The van der Waals surface area contributed by atoms with Crippen LogP contribution >= 0.6 is 0 Å². The summed E-state index contributed by atoms with van der Waals surface area (Å²) in [6.45, 7) is 2.73. The van der Waals surface area contributed by atoms with Crippen LogP contribution in [0.4, 0.5) is 5.69 Å². The molecule has 0 saturated carbocycles. The minimum absolute atomic E-state index is 0.424. The molecule has 2 aromatic heterocycles. The van der Waals surface area contributed by atoms with Gasteiger partial charge >= 0.3 is 0 Å². The van der Waals surface area contributed by atoms with Crippen LogP contribution in [0.5, 0.6) is 0 Å². The Labute approximate surface area is 99.7 Å². The van der Waals surface area contributed by atoms with Crippen molar-refractivity contribution in [2.75, 3.05) is 5.32 Å². The van der Waals surface area contributed by atoms with Gasteiger partial charge < -0.3 is 5.32 Å². The first kappa shape index (κ1) is 11.1. The van der Waals surface area contributed by atoms with E-state index < -0.39 is 0 Å². The molecule has 0 aliphatic carbocycles. The Kier molecular flexibility index (Phi) is 3.06. The van der Waals surface area contributed by atoms with Crippen molar-refractivity contribution < 1.29 is 0 Å². The molecule has 1 N–H and O–H groups in total. The van der Waals surface area contributed by atoms with Gasteiger partial charge in [0.15, 0.2) is 0 Å². The van der Waals surface area contributed by atoms with Crippen LogP contribution in [0.2, 0.25) is 0 Å². The number of hydrogen-bond acceptors (Lipinski definition) is 4. The van der Waals surface area contributed by atoms with Crippen LogP contribution in [0, 0.1) is 18.3 Å². The maximum Gasteiger partial charge on any atom is 0.140 e. The molecule has 0 saturated heterocycles. The molecule has 0 bridgehead atoms. The lowest BCUT2D eigenvalue weighted by atomic mass is 10.2. The lowest BCUT2D eigenvalue weighted by Crippen LogP contribution is -2.01. The Morgan fingerprint density at radius 2 is 2.24 bits per heavy atom. The average molecular weight is 227 g/mol. The summed E-state index contributed by atoms with van der Waals surface area (Å²) in [5.74, 6) is 0. The summed E-state index contributed by atoms with van der Waals surface area (Å²) in [6, 6.07) is 5.53. The van der Waals surface area contributed by atoms with Gasteiger partial charge in [-0.15, -0.1) is 0 Å². The van der Waals surface area contributed by atoms with Gasteiger partial charge in [-0.05, 0) is 19.1 Å². The van der Waals surface area contributed by atoms with Gasteiger partial charge in [0, 0.05) is 24.8 Å². The van der Waals surface area contributed by atoms with Crippen molar-refractivity contribution >= 4 is 5.69 Å². The third kappa shape index (κ3) is 2.42. The van der Waals surface area contributed by atoms with E-state index in [1.54, 1.807) is 12.3 Å². The van der Waals surface area contributed by atoms with E-state index in [0.29, 0.717) is 12.2 Å². The van der Waals surface area contributed by atoms with Crippen molar-refractivity contribution in [2.24, 2.45) is 7.05 Å². The van der Waals surface area contributed by atoms with E-state index in [2.05, 4.69) is 15.4 Å². The van der Waals surface area contributed by atoms with Crippen molar-refractivity contribution in [3.63, 3.8) is 0 Å². The molecule has 2 rings (SSSR count). The number of aryl methyl sites for hydroxylation is 1. The Morgan fingerprint density at radius 3 is 2.76 bits per heavy atom. The predicted molar refractivity (Wildman–Crippen MR) is 64.2 cm³/mol. The van der Waals surface area contributed by atoms with Crippen LogP contribution in [0.3, 0.4) is 0 Å². The Hall–Kier alpha value is -2.35. The Bertz CT molecular complexity index is 547. The predicted octanol–water partition coefficient (Wildman–Crippen LogP) is 1.61. The summed E-state index contributed by atoms with van der Waals surface area (Å²) < 4.78 is 1.84. The lowest BCUT2D eigenvalue weighted by molar-refractivity contribution is 0.738. The van der Waals surface area contributed by atoms with Crippen LogP contribution < -0.4 is 5.32 Å². The Balaban J connectivity index is 2.03. The molecule has 0 fully saturated rings.